The summed E-state index contributed by atoms with van der Waals surface area (Å²) in [4.78, 5) is 3.46. The van der Waals surface area contributed by atoms with Gasteiger partial charge in [0.15, 0.2) is 0 Å². The molecule has 0 aliphatic heterocycles. The SMILES string of the molecule is CCCc1cc(NC2CCCC2)[n+]2c([nH]c3ccccc32)c1C#N. The third-order valence-electron chi connectivity index (χ3n) is 5.07. The molecule has 2 N–H and O–H groups in total. The van der Waals surface area contributed by atoms with Crippen LogP contribution < -0.4 is 9.72 Å². The monoisotopic (exact) mass is 319 g/mol. The fraction of sp³-hybridized carbons (Fsp3) is 0.400. The van der Waals surface area contributed by atoms with Gasteiger partial charge >= 0.3 is 0 Å². The zero-order valence-electron chi connectivity index (χ0n) is 14.1. The van der Waals surface area contributed by atoms with Gasteiger partial charge in [0.1, 0.15) is 22.7 Å². The molecule has 0 atom stereocenters. The maximum absolute atomic E-state index is 9.74. The molecule has 2 aromatic heterocycles. The number of anilines is 1. The van der Waals surface area contributed by atoms with Crippen LogP contribution in [0.3, 0.4) is 0 Å². The molecular formula is C20H23N4+. The zero-order valence-corrected chi connectivity index (χ0v) is 14.1. The molecule has 4 heteroatoms. The molecule has 122 valence electrons. The molecule has 0 amide bonds. The third kappa shape index (κ3) is 2.41. The first-order valence-corrected chi connectivity index (χ1v) is 8.96. The number of nitrogens with zero attached hydrogens (tertiary/aromatic N) is 2. The number of para-hydroxylation sites is 2. The summed E-state index contributed by atoms with van der Waals surface area (Å²) in [6, 6.07) is 13.4. The molecule has 1 aliphatic rings. The molecular weight excluding hydrogens is 296 g/mol. The van der Waals surface area contributed by atoms with Crippen LogP contribution in [-0.4, -0.2) is 11.0 Å². The number of fused-ring (bicyclic) bond motifs is 3. The smallest absolute Gasteiger partial charge is 0.250 e. The molecule has 1 aliphatic carbocycles. The van der Waals surface area contributed by atoms with Crippen LogP contribution in [0.25, 0.3) is 16.7 Å². The Morgan fingerprint density at radius 3 is 2.83 bits per heavy atom. The lowest BCUT2D eigenvalue weighted by atomic mass is 10.1. The van der Waals surface area contributed by atoms with Crippen LogP contribution in [0, 0.1) is 11.3 Å². The van der Waals surface area contributed by atoms with Crippen molar-refractivity contribution in [1.82, 2.24) is 4.98 Å². The summed E-state index contributed by atoms with van der Waals surface area (Å²) in [6.07, 6.45) is 7.03. The molecule has 2 heterocycles. The summed E-state index contributed by atoms with van der Waals surface area (Å²) >= 11 is 0. The van der Waals surface area contributed by atoms with Gasteiger partial charge in [-0.1, -0.05) is 25.5 Å². The lowest BCUT2D eigenvalue weighted by Crippen LogP contribution is -2.31. The summed E-state index contributed by atoms with van der Waals surface area (Å²) in [5.41, 5.74) is 4.99. The number of pyridine rings is 1. The van der Waals surface area contributed by atoms with Crippen molar-refractivity contribution in [3.63, 3.8) is 0 Å². The predicted octanol–water partition coefficient (Wildman–Crippen LogP) is 4.09. The van der Waals surface area contributed by atoms with E-state index in [9.17, 15) is 5.26 Å². The quantitative estimate of drug-likeness (QED) is 0.712. The van der Waals surface area contributed by atoms with E-state index >= 15 is 0 Å². The van der Waals surface area contributed by atoms with Gasteiger partial charge in [-0.15, -0.1) is 0 Å². The van der Waals surface area contributed by atoms with Crippen molar-refractivity contribution < 1.29 is 4.40 Å². The van der Waals surface area contributed by atoms with Crippen molar-refractivity contribution in [3.05, 3.63) is 41.5 Å². The van der Waals surface area contributed by atoms with E-state index < -0.39 is 0 Å². The van der Waals surface area contributed by atoms with E-state index in [0.29, 0.717) is 6.04 Å². The summed E-state index contributed by atoms with van der Waals surface area (Å²) in [7, 11) is 0. The number of nitrogens with one attached hydrogen (secondary N) is 2. The number of aryl methyl sites for hydroxylation is 1. The molecule has 0 spiro atoms. The molecule has 1 fully saturated rings. The highest BCUT2D eigenvalue weighted by Gasteiger charge is 2.24. The first-order valence-electron chi connectivity index (χ1n) is 8.96. The Balaban J connectivity index is 1.98. The van der Waals surface area contributed by atoms with Gasteiger partial charge in [-0.25, -0.2) is 0 Å². The molecule has 0 bridgehead atoms. The molecule has 0 unspecified atom stereocenters. The molecule has 1 aromatic carbocycles. The number of H-pyrrole nitrogens is 1. The van der Waals surface area contributed by atoms with Gasteiger partial charge in [-0.05, 0) is 49.8 Å². The van der Waals surface area contributed by atoms with Crippen molar-refractivity contribution in [2.24, 2.45) is 0 Å². The maximum atomic E-state index is 9.74. The van der Waals surface area contributed by atoms with E-state index in [2.05, 4.69) is 45.9 Å². The van der Waals surface area contributed by atoms with Crippen molar-refractivity contribution in [1.29, 1.82) is 5.26 Å². The van der Waals surface area contributed by atoms with Gasteiger partial charge in [0.05, 0.1) is 6.04 Å². The first-order chi connectivity index (χ1) is 11.8. The number of aromatic amines is 1. The van der Waals surface area contributed by atoms with Crippen LogP contribution in [-0.2, 0) is 6.42 Å². The van der Waals surface area contributed by atoms with Gasteiger partial charge in [-0.3, -0.25) is 4.98 Å². The molecule has 0 saturated heterocycles. The molecule has 4 nitrogen and oxygen atoms in total. The van der Waals surface area contributed by atoms with Gasteiger partial charge in [0.2, 0.25) is 11.5 Å². The van der Waals surface area contributed by atoms with E-state index in [1.165, 1.54) is 25.7 Å². The highest BCUT2D eigenvalue weighted by molar-refractivity contribution is 5.77. The van der Waals surface area contributed by atoms with E-state index in [4.69, 9.17) is 0 Å². The minimum absolute atomic E-state index is 0.539. The van der Waals surface area contributed by atoms with Crippen LogP contribution in [0.4, 0.5) is 5.82 Å². The minimum Gasteiger partial charge on any atom is -0.303 e. The number of imidazole rings is 1. The lowest BCUT2D eigenvalue weighted by molar-refractivity contribution is -0.465. The lowest BCUT2D eigenvalue weighted by Gasteiger charge is -2.12. The van der Waals surface area contributed by atoms with Crippen molar-refractivity contribution in [3.8, 4) is 6.07 Å². The largest absolute Gasteiger partial charge is 0.303 e. The minimum atomic E-state index is 0.539. The Hall–Kier alpha value is -2.54. The third-order valence-corrected chi connectivity index (χ3v) is 5.07. The summed E-state index contributed by atoms with van der Waals surface area (Å²) in [5.74, 6) is 1.11. The Labute approximate surface area is 142 Å². The molecule has 24 heavy (non-hydrogen) atoms. The molecule has 4 rings (SSSR count). The standard InChI is InChI=1S/C20H22N4/c1-2-7-14-12-19(22-15-8-3-4-9-15)24-18-11-6-5-10-17(18)23-20(24)16(14)13-21/h5-6,10-12,15H,2-4,7-9H2,1H3,(H,22,23)/p+1. The van der Waals surface area contributed by atoms with Crippen molar-refractivity contribution in [2.45, 2.75) is 51.5 Å². The van der Waals surface area contributed by atoms with Gasteiger partial charge in [-0.2, -0.15) is 9.66 Å². The number of aromatic nitrogens is 2. The Morgan fingerprint density at radius 1 is 1.29 bits per heavy atom. The number of nitriles is 1. The summed E-state index contributed by atoms with van der Waals surface area (Å²) in [5, 5.41) is 13.5. The van der Waals surface area contributed by atoms with E-state index in [1.54, 1.807) is 0 Å². The van der Waals surface area contributed by atoms with Crippen LogP contribution >= 0.6 is 0 Å². The van der Waals surface area contributed by atoms with Gasteiger partial charge < -0.3 is 5.32 Å². The van der Waals surface area contributed by atoms with Gasteiger partial charge in [0.25, 0.3) is 0 Å². The van der Waals surface area contributed by atoms with Crippen LogP contribution in [0.15, 0.2) is 30.3 Å². The van der Waals surface area contributed by atoms with E-state index in [1.807, 2.05) is 12.1 Å². The fourth-order valence-electron chi connectivity index (χ4n) is 3.93. The second-order valence-electron chi connectivity index (χ2n) is 6.74. The topological polar surface area (TPSA) is 55.7 Å². The number of hydrogen-bond acceptors (Lipinski definition) is 2. The highest BCUT2D eigenvalue weighted by Crippen LogP contribution is 2.25. The van der Waals surface area contributed by atoms with Crippen LogP contribution in [0.2, 0.25) is 0 Å². The highest BCUT2D eigenvalue weighted by atomic mass is 15.1. The molecule has 0 radical (unpaired) electrons. The second-order valence-corrected chi connectivity index (χ2v) is 6.74. The predicted molar refractivity (Wildman–Crippen MR) is 96.0 cm³/mol. The van der Waals surface area contributed by atoms with Crippen molar-refractivity contribution >= 4 is 22.5 Å². The number of hydrogen-bond donors (Lipinski definition) is 2. The Kier molecular flexibility index (Phi) is 3.86. The second kappa shape index (κ2) is 6.16. The number of benzene rings is 1. The average molecular weight is 319 g/mol. The maximum Gasteiger partial charge on any atom is 0.250 e. The zero-order chi connectivity index (χ0) is 16.5. The van der Waals surface area contributed by atoms with Crippen LogP contribution in [0.5, 0.6) is 0 Å². The van der Waals surface area contributed by atoms with E-state index in [0.717, 1.165) is 46.5 Å². The molecule has 1 saturated carbocycles. The van der Waals surface area contributed by atoms with Crippen LogP contribution in [0.1, 0.15) is 50.2 Å². The summed E-state index contributed by atoms with van der Waals surface area (Å²) in [6.45, 7) is 2.16. The molecule has 3 aromatic rings. The fourth-order valence-corrected chi connectivity index (χ4v) is 3.93. The van der Waals surface area contributed by atoms with E-state index in [-0.39, 0.29) is 0 Å². The summed E-state index contributed by atoms with van der Waals surface area (Å²) < 4.78 is 2.19. The normalized spacial score (nSPS) is 15.2. The number of rotatable bonds is 4. The Bertz CT molecular complexity index is 926. The van der Waals surface area contributed by atoms with Crippen molar-refractivity contribution in [2.75, 3.05) is 5.32 Å². The average Bonchev–Trinajstić information content (AvgIpc) is 3.22. The van der Waals surface area contributed by atoms with Gasteiger partial charge in [0, 0.05) is 6.07 Å². The first kappa shape index (κ1) is 15.0. The Morgan fingerprint density at radius 2 is 2.08 bits per heavy atom.